The Morgan fingerprint density at radius 2 is 2.11 bits per heavy atom. The normalized spacial score (nSPS) is 10.2. The van der Waals surface area contributed by atoms with Crippen LogP contribution in [0.3, 0.4) is 0 Å². The fraction of sp³-hybridized carbons (Fsp3) is 0.0833. The van der Waals surface area contributed by atoms with Crippen LogP contribution in [0.4, 0.5) is 10.2 Å². The van der Waals surface area contributed by atoms with E-state index in [9.17, 15) is 9.18 Å². The lowest BCUT2D eigenvalue weighted by Crippen LogP contribution is -2.13. The van der Waals surface area contributed by atoms with Crippen LogP contribution >= 0.6 is 15.9 Å². The van der Waals surface area contributed by atoms with Gasteiger partial charge >= 0.3 is 0 Å². The van der Waals surface area contributed by atoms with E-state index in [2.05, 4.69) is 31.2 Å². The second-order valence-electron chi connectivity index (χ2n) is 3.64. The SMILES string of the molecule is Cc1cc(C(=O)Nc2cnc(Br)cn2)ccc1F. The molecule has 0 saturated heterocycles. The van der Waals surface area contributed by atoms with E-state index in [1.165, 1.54) is 30.6 Å². The molecule has 1 N–H and O–H groups in total. The maximum atomic E-state index is 13.1. The van der Waals surface area contributed by atoms with Crippen molar-refractivity contribution in [3.63, 3.8) is 0 Å². The number of rotatable bonds is 2. The van der Waals surface area contributed by atoms with Gasteiger partial charge in [-0.3, -0.25) is 4.79 Å². The van der Waals surface area contributed by atoms with Gasteiger partial charge in [0.15, 0.2) is 5.82 Å². The zero-order chi connectivity index (χ0) is 13.1. The molecule has 0 atom stereocenters. The minimum Gasteiger partial charge on any atom is -0.305 e. The van der Waals surface area contributed by atoms with Gasteiger partial charge in [-0.2, -0.15) is 0 Å². The number of nitrogens with zero attached hydrogens (tertiary/aromatic N) is 2. The van der Waals surface area contributed by atoms with Crippen LogP contribution in [0.25, 0.3) is 0 Å². The fourth-order valence-corrected chi connectivity index (χ4v) is 1.56. The predicted octanol–water partition coefficient (Wildman–Crippen LogP) is 2.94. The lowest BCUT2D eigenvalue weighted by molar-refractivity contribution is 0.102. The molecule has 1 heterocycles. The third-order valence-corrected chi connectivity index (χ3v) is 2.69. The second-order valence-corrected chi connectivity index (χ2v) is 4.45. The Morgan fingerprint density at radius 3 is 2.72 bits per heavy atom. The standard InChI is InChI=1S/C12H9BrFN3O/c1-7-4-8(2-3-9(7)14)12(18)17-11-6-15-10(13)5-16-11/h2-6H,1H3,(H,16,17,18). The molecule has 0 bridgehead atoms. The van der Waals surface area contributed by atoms with Crippen LogP contribution in [0.1, 0.15) is 15.9 Å². The van der Waals surface area contributed by atoms with Gasteiger partial charge in [-0.05, 0) is 46.6 Å². The van der Waals surface area contributed by atoms with Crippen molar-refractivity contribution in [2.45, 2.75) is 6.92 Å². The van der Waals surface area contributed by atoms with Gasteiger partial charge in [0.2, 0.25) is 0 Å². The minimum absolute atomic E-state index is 0.338. The van der Waals surface area contributed by atoms with E-state index in [-0.39, 0.29) is 11.7 Å². The van der Waals surface area contributed by atoms with Crippen LogP contribution < -0.4 is 5.32 Å². The molecule has 0 aliphatic heterocycles. The maximum Gasteiger partial charge on any atom is 0.256 e. The third kappa shape index (κ3) is 2.89. The summed E-state index contributed by atoms with van der Waals surface area (Å²) < 4.78 is 13.7. The summed E-state index contributed by atoms with van der Waals surface area (Å²) in [5.74, 6) is -0.352. The van der Waals surface area contributed by atoms with E-state index in [4.69, 9.17) is 0 Å². The molecule has 0 spiro atoms. The highest BCUT2D eigenvalue weighted by Crippen LogP contribution is 2.12. The van der Waals surface area contributed by atoms with Crippen LogP contribution in [0, 0.1) is 12.7 Å². The van der Waals surface area contributed by atoms with Crippen LogP contribution in [0.15, 0.2) is 35.2 Å². The number of amides is 1. The predicted molar refractivity (Wildman–Crippen MR) is 68.8 cm³/mol. The summed E-state index contributed by atoms with van der Waals surface area (Å²) in [4.78, 5) is 19.8. The fourth-order valence-electron chi connectivity index (χ4n) is 1.35. The first-order chi connectivity index (χ1) is 8.56. The molecule has 92 valence electrons. The van der Waals surface area contributed by atoms with E-state index in [0.29, 0.717) is 21.5 Å². The molecular weight excluding hydrogens is 301 g/mol. The van der Waals surface area contributed by atoms with Crippen molar-refractivity contribution in [2.24, 2.45) is 0 Å². The highest BCUT2D eigenvalue weighted by atomic mass is 79.9. The number of carbonyl (C=O) groups excluding carboxylic acids is 1. The van der Waals surface area contributed by atoms with Gasteiger partial charge < -0.3 is 5.32 Å². The van der Waals surface area contributed by atoms with Crippen LogP contribution in [0.2, 0.25) is 0 Å². The van der Waals surface area contributed by atoms with Crippen molar-refractivity contribution in [2.75, 3.05) is 5.32 Å². The smallest absolute Gasteiger partial charge is 0.256 e. The van der Waals surface area contributed by atoms with E-state index in [1.807, 2.05) is 0 Å². The summed E-state index contributed by atoms with van der Waals surface area (Å²) in [7, 11) is 0. The monoisotopic (exact) mass is 309 g/mol. The molecule has 0 saturated carbocycles. The Morgan fingerprint density at radius 1 is 1.33 bits per heavy atom. The van der Waals surface area contributed by atoms with Crippen molar-refractivity contribution < 1.29 is 9.18 Å². The summed E-state index contributed by atoms with van der Waals surface area (Å²) in [6.45, 7) is 1.60. The molecule has 0 radical (unpaired) electrons. The molecule has 0 unspecified atom stereocenters. The average molecular weight is 310 g/mol. The first-order valence-corrected chi connectivity index (χ1v) is 5.90. The minimum atomic E-state index is -0.352. The topological polar surface area (TPSA) is 54.9 Å². The van der Waals surface area contributed by atoms with Gasteiger partial charge in [-0.15, -0.1) is 0 Å². The molecule has 1 aromatic carbocycles. The van der Waals surface area contributed by atoms with E-state index < -0.39 is 0 Å². The summed E-state index contributed by atoms with van der Waals surface area (Å²) in [6.07, 6.45) is 2.91. The van der Waals surface area contributed by atoms with E-state index in [0.717, 1.165) is 0 Å². The molecule has 0 aliphatic rings. The lowest BCUT2D eigenvalue weighted by Gasteiger charge is -2.05. The Balaban J connectivity index is 2.16. The van der Waals surface area contributed by atoms with Crippen LogP contribution in [-0.4, -0.2) is 15.9 Å². The molecule has 18 heavy (non-hydrogen) atoms. The highest BCUT2D eigenvalue weighted by molar-refractivity contribution is 9.10. The summed E-state index contributed by atoms with van der Waals surface area (Å²) in [6, 6.07) is 4.17. The van der Waals surface area contributed by atoms with E-state index >= 15 is 0 Å². The van der Waals surface area contributed by atoms with Crippen molar-refractivity contribution in [1.82, 2.24) is 9.97 Å². The Hall–Kier alpha value is -1.82. The molecule has 2 aromatic rings. The van der Waals surface area contributed by atoms with Gasteiger partial charge in [0.1, 0.15) is 10.4 Å². The molecule has 0 aliphatic carbocycles. The number of anilines is 1. The molecule has 4 nitrogen and oxygen atoms in total. The number of benzene rings is 1. The van der Waals surface area contributed by atoms with Gasteiger partial charge in [-0.1, -0.05) is 0 Å². The molecule has 1 aromatic heterocycles. The number of nitrogens with one attached hydrogen (secondary N) is 1. The third-order valence-electron chi connectivity index (χ3n) is 2.28. The van der Waals surface area contributed by atoms with Gasteiger partial charge in [0, 0.05) is 5.56 Å². The number of halogens is 2. The largest absolute Gasteiger partial charge is 0.305 e. The van der Waals surface area contributed by atoms with Gasteiger partial charge in [0.05, 0.1) is 12.4 Å². The van der Waals surface area contributed by atoms with Crippen molar-refractivity contribution in [1.29, 1.82) is 0 Å². The first kappa shape index (κ1) is 12.6. The van der Waals surface area contributed by atoms with Crippen molar-refractivity contribution in [3.8, 4) is 0 Å². The van der Waals surface area contributed by atoms with Crippen LogP contribution in [-0.2, 0) is 0 Å². The molecular formula is C12H9BrFN3O. The average Bonchev–Trinajstić information content (AvgIpc) is 2.35. The van der Waals surface area contributed by atoms with Crippen LogP contribution in [0.5, 0.6) is 0 Å². The highest BCUT2D eigenvalue weighted by Gasteiger charge is 2.08. The van der Waals surface area contributed by atoms with E-state index in [1.54, 1.807) is 6.92 Å². The molecule has 2 rings (SSSR count). The first-order valence-electron chi connectivity index (χ1n) is 5.11. The Labute approximate surface area is 111 Å². The van der Waals surface area contributed by atoms with Crippen molar-refractivity contribution in [3.05, 3.63) is 52.1 Å². The summed E-state index contributed by atoms with van der Waals surface area (Å²) >= 11 is 3.15. The number of hydrogen-bond acceptors (Lipinski definition) is 3. The Kier molecular flexibility index (Phi) is 3.66. The quantitative estimate of drug-likeness (QED) is 0.928. The molecule has 1 amide bonds. The second kappa shape index (κ2) is 5.22. The summed E-state index contributed by atoms with van der Waals surface area (Å²) in [5.41, 5.74) is 0.795. The van der Waals surface area contributed by atoms with Crippen molar-refractivity contribution >= 4 is 27.7 Å². The number of aromatic nitrogens is 2. The number of carbonyl (C=O) groups is 1. The summed E-state index contributed by atoms with van der Waals surface area (Å²) in [5, 5.41) is 2.58. The zero-order valence-electron chi connectivity index (χ0n) is 9.45. The molecule has 6 heteroatoms. The lowest BCUT2D eigenvalue weighted by atomic mass is 10.1. The Bertz CT molecular complexity index is 586. The molecule has 0 fully saturated rings. The maximum absolute atomic E-state index is 13.1. The van der Waals surface area contributed by atoms with Gasteiger partial charge in [-0.25, -0.2) is 14.4 Å². The van der Waals surface area contributed by atoms with Gasteiger partial charge in [0.25, 0.3) is 5.91 Å². The number of aryl methyl sites for hydroxylation is 1. The zero-order valence-corrected chi connectivity index (χ0v) is 11.0. The number of hydrogen-bond donors (Lipinski definition) is 1.